The molecule has 1 atom stereocenters. The predicted octanol–water partition coefficient (Wildman–Crippen LogP) is 4.15. The first-order chi connectivity index (χ1) is 7.34. The molecule has 1 saturated carbocycles. The van der Waals surface area contributed by atoms with Crippen molar-refractivity contribution >= 4 is 21.6 Å². The maximum Gasteiger partial charge on any atom is 0.0387 e. The normalized spacial score (nSPS) is 25.3. The van der Waals surface area contributed by atoms with E-state index in [0.717, 1.165) is 18.4 Å². The molecule has 0 saturated heterocycles. The van der Waals surface area contributed by atoms with Gasteiger partial charge in [0.25, 0.3) is 0 Å². The molecule has 1 N–H and O–H groups in total. The molecule has 0 radical (unpaired) electrons. The number of anilines is 1. The maximum atomic E-state index is 3.54. The van der Waals surface area contributed by atoms with Gasteiger partial charge in [-0.05, 0) is 36.5 Å². The fraction of sp³-hybridized carbons (Fsp3) is 0.538. The third-order valence-electron chi connectivity index (χ3n) is 3.90. The van der Waals surface area contributed by atoms with Crippen molar-refractivity contribution in [2.24, 2.45) is 5.92 Å². The van der Waals surface area contributed by atoms with Crippen LogP contribution in [0, 0.1) is 5.92 Å². The average Bonchev–Trinajstić information content (AvgIpc) is 2.82. The van der Waals surface area contributed by atoms with Crippen LogP contribution in [-0.4, -0.2) is 6.54 Å². The number of fused-ring (bicyclic) bond motifs is 1. The molecule has 2 aliphatic rings. The minimum atomic E-state index is 0.774. The fourth-order valence-corrected chi connectivity index (χ4v) is 3.48. The molecule has 0 spiro atoms. The van der Waals surface area contributed by atoms with Crippen LogP contribution in [0.2, 0.25) is 0 Å². The number of hydrogen-bond acceptors (Lipinski definition) is 1. The van der Waals surface area contributed by atoms with E-state index in [1.807, 2.05) is 0 Å². The van der Waals surface area contributed by atoms with Crippen LogP contribution in [-0.2, 0) is 0 Å². The lowest BCUT2D eigenvalue weighted by Gasteiger charge is -2.17. The molecule has 0 bridgehead atoms. The van der Waals surface area contributed by atoms with Gasteiger partial charge in [-0.2, -0.15) is 0 Å². The van der Waals surface area contributed by atoms with Crippen molar-refractivity contribution in [2.75, 3.05) is 11.9 Å². The third-order valence-corrected chi connectivity index (χ3v) is 4.39. The second-order valence-corrected chi connectivity index (χ2v) is 5.68. The number of nitrogens with one attached hydrogen (secondary N) is 1. The van der Waals surface area contributed by atoms with Gasteiger partial charge < -0.3 is 5.32 Å². The monoisotopic (exact) mass is 265 g/mol. The summed E-state index contributed by atoms with van der Waals surface area (Å²) in [5.41, 5.74) is 2.89. The van der Waals surface area contributed by atoms with Crippen molar-refractivity contribution < 1.29 is 0 Å². The van der Waals surface area contributed by atoms with Crippen LogP contribution >= 0.6 is 15.9 Å². The van der Waals surface area contributed by atoms with Gasteiger partial charge in [-0.3, -0.25) is 0 Å². The van der Waals surface area contributed by atoms with E-state index in [1.54, 1.807) is 5.56 Å². The van der Waals surface area contributed by atoms with Gasteiger partial charge in [0.1, 0.15) is 0 Å². The molecule has 15 heavy (non-hydrogen) atoms. The highest BCUT2D eigenvalue weighted by molar-refractivity contribution is 9.10. The standard InChI is InChI=1S/C13H16BrN/c14-10-5-6-11-12(8-15-13(11)7-10)9-3-1-2-4-9/h5-7,9,12,15H,1-4,8H2. The van der Waals surface area contributed by atoms with E-state index in [4.69, 9.17) is 0 Å². The first-order valence-electron chi connectivity index (χ1n) is 5.88. The van der Waals surface area contributed by atoms with Crippen molar-refractivity contribution in [1.82, 2.24) is 0 Å². The SMILES string of the molecule is Brc1ccc2c(c1)NCC2C1CCCC1. The molecular formula is C13H16BrN. The Morgan fingerprint density at radius 3 is 2.80 bits per heavy atom. The van der Waals surface area contributed by atoms with Crippen molar-refractivity contribution in [3.8, 4) is 0 Å². The van der Waals surface area contributed by atoms with Gasteiger partial charge in [-0.25, -0.2) is 0 Å². The zero-order valence-corrected chi connectivity index (χ0v) is 10.4. The van der Waals surface area contributed by atoms with E-state index in [2.05, 4.69) is 39.4 Å². The summed E-state index contributed by atoms with van der Waals surface area (Å²) in [5.74, 6) is 1.70. The van der Waals surface area contributed by atoms with E-state index in [0.29, 0.717) is 0 Å². The largest absolute Gasteiger partial charge is 0.384 e. The maximum absolute atomic E-state index is 3.54. The number of hydrogen-bond donors (Lipinski definition) is 1. The van der Waals surface area contributed by atoms with Gasteiger partial charge in [0.15, 0.2) is 0 Å². The topological polar surface area (TPSA) is 12.0 Å². The number of rotatable bonds is 1. The molecule has 1 heterocycles. The molecule has 1 fully saturated rings. The van der Waals surface area contributed by atoms with Crippen molar-refractivity contribution in [2.45, 2.75) is 31.6 Å². The van der Waals surface area contributed by atoms with Crippen LogP contribution in [0.4, 0.5) is 5.69 Å². The second-order valence-electron chi connectivity index (χ2n) is 4.76. The zero-order valence-electron chi connectivity index (χ0n) is 8.80. The third kappa shape index (κ3) is 1.69. The van der Waals surface area contributed by atoms with Crippen LogP contribution in [0.5, 0.6) is 0 Å². The van der Waals surface area contributed by atoms with E-state index < -0.39 is 0 Å². The molecule has 1 aromatic carbocycles. The minimum absolute atomic E-state index is 0.774. The van der Waals surface area contributed by atoms with Crippen LogP contribution in [0.3, 0.4) is 0 Å². The second kappa shape index (κ2) is 3.82. The lowest BCUT2D eigenvalue weighted by atomic mass is 9.86. The van der Waals surface area contributed by atoms with E-state index >= 15 is 0 Å². The summed E-state index contributed by atoms with van der Waals surface area (Å²) in [5, 5.41) is 3.54. The van der Waals surface area contributed by atoms with Crippen molar-refractivity contribution in [3.05, 3.63) is 28.2 Å². The molecule has 0 amide bonds. The fourth-order valence-electron chi connectivity index (χ4n) is 3.12. The van der Waals surface area contributed by atoms with E-state index in [1.165, 1.54) is 35.8 Å². The van der Waals surface area contributed by atoms with Crippen LogP contribution in [0.25, 0.3) is 0 Å². The van der Waals surface area contributed by atoms with Crippen molar-refractivity contribution in [1.29, 1.82) is 0 Å². The van der Waals surface area contributed by atoms with Gasteiger partial charge in [0.2, 0.25) is 0 Å². The van der Waals surface area contributed by atoms with Crippen LogP contribution in [0.1, 0.15) is 37.2 Å². The number of halogens is 1. The number of benzene rings is 1. The lowest BCUT2D eigenvalue weighted by molar-refractivity contribution is 0.460. The molecule has 3 rings (SSSR count). The van der Waals surface area contributed by atoms with Gasteiger partial charge in [-0.1, -0.05) is 34.8 Å². The molecule has 1 unspecified atom stereocenters. The first kappa shape index (κ1) is 9.71. The Kier molecular flexibility index (Phi) is 2.47. The first-order valence-corrected chi connectivity index (χ1v) is 6.67. The summed E-state index contributed by atoms with van der Waals surface area (Å²) in [6.45, 7) is 1.15. The highest BCUT2D eigenvalue weighted by Crippen LogP contribution is 2.43. The Hall–Kier alpha value is -0.500. The van der Waals surface area contributed by atoms with E-state index in [9.17, 15) is 0 Å². The summed E-state index contributed by atoms with van der Waals surface area (Å²) in [7, 11) is 0. The molecule has 0 aromatic heterocycles. The van der Waals surface area contributed by atoms with Crippen molar-refractivity contribution in [3.63, 3.8) is 0 Å². The van der Waals surface area contributed by atoms with Gasteiger partial charge in [0.05, 0.1) is 0 Å². The lowest BCUT2D eigenvalue weighted by Crippen LogP contribution is -2.11. The summed E-state index contributed by atoms with van der Waals surface area (Å²) < 4.78 is 1.18. The van der Waals surface area contributed by atoms with Crippen LogP contribution in [0.15, 0.2) is 22.7 Å². The molecule has 1 aliphatic carbocycles. The summed E-state index contributed by atoms with van der Waals surface area (Å²) in [4.78, 5) is 0. The van der Waals surface area contributed by atoms with Gasteiger partial charge in [0, 0.05) is 22.6 Å². The summed E-state index contributed by atoms with van der Waals surface area (Å²) in [6, 6.07) is 6.68. The van der Waals surface area contributed by atoms with Gasteiger partial charge >= 0.3 is 0 Å². The Morgan fingerprint density at radius 2 is 2.00 bits per heavy atom. The minimum Gasteiger partial charge on any atom is -0.384 e. The quantitative estimate of drug-likeness (QED) is 0.805. The smallest absolute Gasteiger partial charge is 0.0387 e. The van der Waals surface area contributed by atoms with Crippen LogP contribution < -0.4 is 5.32 Å². The van der Waals surface area contributed by atoms with E-state index in [-0.39, 0.29) is 0 Å². The average molecular weight is 266 g/mol. The molecule has 2 heteroatoms. The molecule has 1 aromatic rings. The van der Waals surface area contributed by atoms with Gasteiger partial charge in [-0.15, -0.1) is 0 Å². The predicted molar refractivity (Wildman–Crippen MR) is 67.3 cm³/mol. The molecule has 1 nitrogen and oxygen atoms in total. The summed E-state index contributed by atoms with van der Waals surface area (Å²) in [6.07, 6.45) is 5.74. The summed E-state index contributed by atoms with van der Waals surface area (Å²) >= 11 is 3.53. The Morgan fingerprint density at radius 1 is 1.20 bits per heavy atom. The highest BCUT2D eigenvalue weighted by Gasteiger charge is 2.31. The zero-order chi connectivity index (χ0) is 10.3. The Balaban J connectivity index is 1.90. The molecule has 1 aliphatic heterocycles. The highest BCUT2D eigenvalue weighted by atomic mass is 79.9. The Bertz CT molecular complexity index is 369. The molecule has 80 valence electrons. The molecular weight excluding hydrogens is 250 g/mol. The Labute approximate surface area is 99.4 Å².